The minimum Gasteiger partial charge on any atom is -0.495 e. The van der Waals surface area contributed by atoms with Crippen molar-refractivity contribution >= 4 is 5.69 Å². The first-order valence-corrected chi connectivity index (χ1v) is 8.55. The highest BCUT2D eigenvalue weighted by Gasteiger charge is 2.27. The Morgan fingerprint density at radius 2 is 1.79 bits per heavy atom. The molecule has 0 radical (unpaired) electrons. The molecule has 3 rings (SSSR count). The first-order valence-electron chi connectivity index (χ1n) is 8.55. The smallest absolute Gasteiger partial charge is 0.243 e. The average Bonchev–Trinajstić information content (AvgIpc) is 3.11. The van der Waals surface area contributed by atoms with Crippen LogP contribution in [-0.4, -0.2) is 48.3 Å². The predicted octanol–water partition coefficient (Wildman–Crippen LogP) is 3.08. The maximum absolute atomic E-state index is 5.48. The minimum absolute atomic E-state index is 0.143. The molecule has 0 bridgehead atoms. The standard InChI is InChI=1S/C18H26N4O2/c1-13(2)17-19-18(24-20-17)14(3)21-9-11-22(12-10-21)15-7-5-6-8-16(15)23-4/h5-8,13-14H,9-12H2,1-4H3/t14-/m1/s1. The van der Waals surface area contributed by atoms with Crippen LogP contribution in [0.2, 0.25) is 0 Å². The van der Waals surface area contributed by atoms with Crippen molar-refractivity contribution in [3.05, 3.63) is 36.0 Å². The van der Waals surface area contributed by atoms with Crippen LogP contribution in [0.3, 0.4) is 0 Å². The van der Waals surface area contributed by atoms with Gasteiger partial charge >= 0.3 is 0 Å². The van der Waals surface area contributed by atoms with Gasteiger partial charge in [-0.05, 0) is 19.1 Å². The van der Waals surface area contributed by atoms with Gasteiger partial charge in [-0.2, -0.15) is 4.98 Å². The summed E-state index contributed by atoms with van der Waals surface area (Å²) in [7, 11) is 1.72. The molecule has 0 unspecified atom stereocenters. The predicted molar refractivity (Wildman–Crippen MR) is 93.6 cm³/mol. The molecule has 2 aromatic rings. The molecule has 1 aromatic carbocycles. The number of piperazine rings is 1. The summed E-state index contributed by atoms with van der Waals surface area (Å²) in [6.45, 7) is 10.1. The van der Waals surface area contributed by atoms with Crippen LogP contribution in [-0.2, 0) is 0 Å². The Hall–Kier alpha value is -2.08. The third-order valence-corrected chi connectivity index (χ3v) is 4.62. The average molecular weight is 330 g/mol. The van der Waals surface area contributed by atoms with E-state index < -0.39 is 0 Å². The monoisotopic (exact) mass is 330 g/mol. The van der Waals surface area contributed by atoms with Gasteiger partial charge in [0.05, 0.1) is 18.8 Å². The second kappa shape index (κ2) is 7.21. The van der Waals surface area contributed by atoms with Gasteiger partial charge in [-0.15, -0.1) is 0 Å². The summed E-state index contributed by atoms with van der Waals surface area (Å²) in [6.07, 6.45) is 0. The van der Waals surface area contributed by atoms with Gasteiger partial charge in [-0.3, -0.25) is 4.90 Å². The zero-order valence-corrected chi connectivity index (χ0v) is 14.9. The number of ether oxygens (including phenoxy) is 1. The highest BCUT2D eigenvalue weighted by molar-refractivity contribution is 5.58. The Morgan fingerprint density at radius 1 is 1.08 bits per heavy atom. The molecule has 1 aromatic heterocycles. The molecule has 0 aliphatic carbocycles. The summed E-state index contributed by atoms with van der Waals surface area (Å²) >= 11 is 0. The minimum atomic E-state index is 0.143. The lowest BCUT2D eigenvalue weighted by atomic mass is 10.2. The van der Waals surface area contributed by atoms with E-state index in [-0.39, 0.29) is 12.0 Å². The van der Waals surface area contributed by atoms with Gasteiger partial charge < -0.3 is 14.2 Å². The third kappa shape index (κ3) is 3.38. The zero-order chi connectivity index (χ0) is 17.1. The van der Waals surface area contributed by atoms with Gasteiger partial charge in [0.15, 0.2) is 5.82 Å². The molecular weight excluding hydrogens is 304 g/mol. The van der Waals surface area contributed by atoms with Gasteiger partial charge in [0.2, 0.25) is 5.89 Å². The summed E-state index contributed by atoms with van der Waals surface area (Å²) < 4.78 is 10.9. The van der Waals surface area contributed by atoms with Crippen molar-refractivity contribution in [3.8, 4) is 5.75 Å². The van der Waals surface area contributed by atoms with Crippen LogP contribution in [0.1, 0.15) is 44.4 Å². The number of para-hydroxylation sites is 2. The topological polar surface area (TPSA) is 54.6 Å². The number of methoxy groups -OCH3 is 1. The van der Waals surface area contributed by atoms with E-state index in [2.05, 4.69) is 52.8 Å². The Balaban J connectivity index is 1.64. The van der Waals surface area contributed by atoms with Crippen LogP contribution >= 0.6 is 0 Å². The molecule has 1 aliphatic rings. The fourth-order valence-corrected chi connectivity index (χ4v) is 3.05. The molecule has 130 valence electrons. The molecule has 0 spiro atoms. The van der Waals surface area contributed by atoms with Crippen LogP contribution < -0.4 is 9.64 Å². The van der Waals surface area contributed by atoms with Crippen molar-refractivity contribution in [1.29, 1.82) is 0 Å². The summed E-state index contributed by atoms with van der Waals surface area (Å²) in [5, 5.41) is 4.08. The molecule has 0 N–H and O–H groups in total. The van der Waals surface area contributed by atoms with Crippen LogP contribution in [0, 0.1) is 0 Å². The van der Waals surface area contributed by atoms with Crippen molar-refractivity contribution in [2.75, 3.05) is 38.2 Å². The molecule has 1 saturated heterocycles. The van der Waals surface area contributed by atoms with E-state index >= 15 is 0 Å². The number of rotatable bonds is 5. The maximum Gasteiger partial charge on any atom is 0.243 e. The van der Waals surface area contributed by atoms with Crippen molar-refractivity contribution < 1.29 is 9.26 Å². The maximum atomic E-state index is 5.48. The van der Waals surface area contributed by atoms with Gasteiger partial charge in [0, 0.05) is 32.1 Å². The van der Waals surface area contributed by atoms with Gasteiger partial charge in [-0.1, -0.05) is 31.1 Å². The first kappa shape index (κ1) is 16.8. The van der Waals surface area contributed by atoms with Gasteiger partial charge in [0.25, 0.3) is 0 Å². The fraction of sp³-hybridized carbons (Fsp3) is 0.556. The molecule has 24 heavy (non-hydrogen) atoms. The molecule has 0 amide bonds. The second-order valence-corrected chi connectivity index (χ2v) is 6.52. The highest BCUT2D eigenvalue weighted by atomic mass is 16.5. The number of hydrogen-bond acceptors (Lipinski definition) is 6. The van der Waals surface area contributed by atoms with Crippen LogP contribution in [0.5, 0.6) is 5.75 Å². The molecule has 6 heteroatoms. The number of anilines is 1. The SMILES string of the molecule is COc1ccccc1N1CCN([C@H](C)c2nc(C(C)C)no2)CC1. The summed E-state index contributed by atoms with van der Waals surface area (Å²) in [6, 6.07) is 8.33. The molecule has 0 saturated carbocycles. The quantitative estimate of drug-likeness (QED) is 0.840. The van der Waals surface area contributed by atoms with Gasteiger partial charge in [0.1, 0.15) is 5.75 Å². The number of hydrogen-bond donors (Lipinski definition) is 0. The lowest BCUT2D eigenvalue weighted by Crippen LogP contribution is -2.47. The van der Waals surface area contributed by atoms with E-state index in [4.69, 9.17) is 9.26 Å². The summed E-state index contributed by atoms with van der Waals surface area (Å²) in [4.78, 5) is 9.30. The highest BCUT2D eigenvalue weighted by Crippen LogP contribution is 2.30. The molecule has 1 aliphatic heterocycles. The van der Waals surface area contributed by atoms with Crippen LogP contribution in [0.25, 0.3) is 0 Å². The number of nitrogens with zero attached hydrogens (tertiary/aromatic N) is 4. The van der Waals surface area contributed by atoms with E-state index in [0.29, 0.717) is 5.89 Å². The Labute approximate surface area is 143 Å². The van der Waals surface area contributed by atoms with Crippen molar-refractivity contribution in [1.82, 2.24) is 15.0 Å². The molecule has 1 atom stereocenters. The van der Waals surface area contributed by atoms with Crippen LogP contribution in [0.4, 0.5) is 5.69 Å². The van der Waals surface area contributed by atoms with Crippen LogP contribution in [0.15, 0.2) is 28.8 Å². The lowest BCUT2D eigenvalue weighted by molar-refractivity contribution is 0.164. The van der Waals surface area contributed by atoms with Crippen molar-refractivity contribution in [2.24, 2.45) is 0 Å². The van der Waals surface area contributed by atoms with E-state index in [9.17, 15) is 0 Å². The van der Waals surface area contributed by atoms with E-state index in [1.165, 1.54) is 0 Å². The van der Waals surface area contributed by atoms with Gasteiger partial charge in [-0.25, -0.2) is 0 Å². The van der Waals surface area contributed by atoms with Crippen molar-refractivity contribution in [3.63, 3.8) is 0 Å². The summed E-state index contributed by atoms with van der Waals surface area (Å²) in [5.74, 6) is 2.71. The van der Waals surface area contributed by atoms with E-state index in [1.807, 2.05) is 12.1 Å². The normalized spacial score (nSPS) is 17.3. The largest absolute Gasteiger partial charge is 0.495 e. The molecule has 1 fully saturated rings. The van der Waals surface area contributed by atoms with E-state index in [1.54, 1.807) is 7.11 Å². The Kier molecular flexibility index (Phi) is 5.04. The summed E-state index contributed by atoms with van der Waals surface area (Å²) in [5.41, 5.74) is 1.16. The number of aromatic nitrogens is 2. The first-order chi connectivity index (χ1) is 11.6. The number of benzene rings is 1. The molecular formula is C18H26N4O2. The third-order valence-electron chi connectivity index (χ3n) is 4.62. The Morgan fingerprint density at radius 3 is 2.42 bits per heavy atom. The molecule has 2 heterocycles. The lowest BCUT2D eigenvalue weighted by Gasteiger charge is -2.38. The van der Waals surface area contributed by atoms with Crippen molar-refractivity contribution in [2.45, 2.75) is 32.7 Å². The second-order valence-electron chi connectivity index (χ2n) is 6.52. The van der Waals surface area contributed by atoms with E-state index in [0.717, 1.165) is 43.4 Å². The fourth-order valence-electron chi connectivity index (χ4n) is 3.05. The molecule has 6 nitrogen and oxygen atoms in total. The zero-order valence-electron chi connectivity index (χ0n) is 14.9. The Bertz CT molecular complexity index is 663.